The van der Waals surface area contributed by atoms with Crippen LogP contribution in [0.25, 0.3) is 11.3 Å². The molecule has 0 saturated carbocycles. The van der Waals surface area contributed by atoms with Crippen LogP contribution in [0.5, 0.6) is 0 Å². The standard InChI is InChI=1S/C13H13F3N6O.C11H13NO2/c14-13(15,16)10-8(7-19-11(17)21-10)9-1-2-18-12(20-9)22-3-5-23-6-4-22;1-2-12-8-10(14-11(12)13)9-6-4-3-5-7-9/h1-2,7H,3-6H2,(H2,17,19,21);3-7,10H,2,8H2,1H3. The van der Waals surface area contributed by atoms with Gasteiger partial charge in [-0.05, 0) is 18.6 Å². The zero-order chi connectivity index (χ0) is 26.4. The Hall–Kier alpha value is -4.00. The minimum Gasteiger partial charge on any atom is -0.439 e. The van der Waals surface area contributed by atoms with Gasteiger partial charge in [0, 0.05) is 37.6 Å². The molecule has 2 N–H and O–H groups in total. The number of alkyl halides is 3. The summed E-state index contributed by atoms with van der Waals surface area (Å²) in [5.74, 6) is -0.0979. The Kier molecular flexibility index (Phi) is 8.01. The number of likely N-dealkylation sites (N-methyl/N-ethyl adjacent to an activating group) is 1. The average molecular weight is 518 g/mol. The third-order valence-electron chi connectivity index (χ3n) is 5.73. The maximum Gasteiger partial charge on any atom is 0.434 e. The monoisotopic (exact) mass is 517 g/mol. The molecule has 4 heterocycles. The number of nitrogens with zero attached hydrogens (tertiary/aromatic N) is 6. The molecule has 37 heavy (non-hydrogen) atoms. The van der Waals surface area contributed by atoms with Crippen LogP contribution in [0.3, 0.4) is 0 Å². The average Bonchev–Trinajstić information content (AvgIpc) is 3.30. The highest BCUT2D eigenvalue weighted by Crippen LogP contribution is 2.35. The van der Waals surface area contributed by atoms with E-state index in [-0.39, 0.29) is 23.5 Å². The molecule has 2 aliphatic rings. The van der Waals surface area contributed by atoms with Gasteiger partial charge in [0.15, 0.2) is 5.69 Å². The number of amides is 1. The minimum atomic E-state index is -4.66. The van der Waals surface area contributed by atoms with Crippen LogP contribution in [0.1, 0.15) is 24.3 Å². The molecule has 1 atom stereocenters. The summed E-state index contributed by atoms with van der Waals surface area (Å²) in [6.45, 7) is 5.52. The number of rotatable bonds is 4. The highest BCUT2D eigenvalue weighted by atomic mass is 19.4. The lowest BCUT2D eigenvalue weighted by Gasteiger charge is -2.26. The Labute approximate surface area is 211 Å². The minimum absolute atomic E-state index is 0.0915. The Morgan fingerprint density at radius 1 is 1.08 bits per heavy atom. The molecule has 196 valence electrons. The van der Waals surface area contributed by atoms with Crippen LogP contribution in [-0.4, -0.2) is 70.3 Å². The van der Waals surface area contributed by atoms with Crippen molar-refractivity contribution in [2.24, 2.45) is 0 Å². The zero-order valence-electron chi connectivity index (χ0n) is 20.1. The lowest BCUT2D eigenvalue weighted by atomic mass is 10.1. The number of nitrogens with two attached hydrogens (primary N) is 1. The van der Waals surface area contributed by atoms with Crippen LogP contribution in [-0.2, 0) is 15.7 Å². The summed E-state index contributed by atoms with van der Waals surface area (Å²) in [5, 5.41) is 0. The summed E-state index contributed by atoms with van der Waals surface area (Å²) >= 11 is 0. The normalized spacial score (nSPS) is 17.7. The van der Waals surface area contributed by atoms with E-state index >= 15 is 0 Å². The van der Waals surface area contributed by atoms with Crippen LogP contribution in [0.2, 0.25) is 0 Å². The Morgan fingerprint density at radius 3 is 2.46 bits per heavy atom. The number of hydrogen-bond donors (Lipinski definition) is 1. The van der Waals surface area contributed by atoms with E-state index in [1.165, 1.54) is 12.3 Å². The van der Waals surface area contributed by atoms with Crippen molar-refractivity contribution in [3.63, 3.8) is 0 Å². The summed E-state index contributed by atoms with van der Waals surface area (Å²) in [7, 11) is 0. The van der Waals surface area contributed by atoms with E-state index in [4.69, 9.17) is 15.2 Å². The number of nitrogen functional groups attached to an aromatic ring is 1. The highest BCUT2D eigenvalue weighted by molar-refractivity contribution is 5.70. The molecule has 3 aromatic rings. The van der Waals surface area contributed by atoms with Crippen LogP contribution in [0.15, 0.2) is 48.8 Å². The van der Waals surface area contributed by atoms with E-state index in [9.17, 15) is 18.0 Å². The summed E-state index contributed by atoms with van der Waals surface area (Å²) < 4.78 is 49.9. The number of halogens is 3. The predicted molar refractivity (Wildman–Crippen MR) is 128 cm³/mol. The van der Waals surface area contributed by atoms with Crippen LogP contribution < -0.4 is 10.6 Å². The van der Waals surface area contributed by atoms with Crippen molar-refractivity contribution >= 4 is 18.0 Å². The number of carbonyl (C=O) groups excluding carboxylic acids is 1. The molecular weight excluding hydrogens is 491 g/mol. The number of aromatic nitrogens is 4. The smallest absolute Gasteiger partial charge is 0.434 e. The molecule has 1 unspecified atom stereocenters. The van der Waals surface area contributed by atoms with Gasteiger partial charge in [-0.3, -0.25) is 0 Å². The van der Waals surface area contributed by atoms with Crippen molar-refractivity contribution in [3.05, 3.63) is 60.0 Å². The second kappa shape index (κ2) is 11.4. The topological polar surface area (TPSA) is 120 Å². The van der Waals surface area contributed by atoms with E-state index in [1.54, 1.807) is 4.90 Å². The fourth-order valence-corrected chi connectivity index (χ4v) is 3.82. The molecule has 0 aliphatic carbocycles. The van der Waals surface area contributed by atoms with Gasteiger partial charge in [0.05, 0.1) is 25.5 Å². The molecule has 0 spiro atoms. The summed E-state index contributed by atoms with van der Waals surface area (Å²) in [6, 6.07) is 11.2. The summed E-state index contributed by atoms with van der Waals surface area (Å²) in [4.78, 5) is 30.1. The molecule has 1 aromatic carbocycles. The zero-order valence-corrected chi connectivity index (χ0v) is 20.1. The lowest BCUT2D eigenvalue weighted by molar-refractivity contribution is -0.140. The maximum absolute atomic E-state index is 13.2. The number of ether oxygens (including phenoxy) is 2. The van der Waals surface area contributed by atoms with Gasteiger partial charge in [0.1, 0.15) is 6.10 Å². The van der Waals surface area contributed by atoms with E-state index in [0.29, 0.717) is 45.3 Å². The highest BCUT2D eigenvalue weighted by Gasteiger charge is 2.37. The van der Waals surface area contributed by atoms with E-state index < -0.39 is 17.8 Å². The second-order valence-corrected chi connectivity index (χ2v) is 8.15. The number of benzene rings is 1. The van der Waals surface area contributed by atoms with Crippen molar-refractivity contribution in [3.8, 4) is 11.3 Å². The second-order valence-electron chi connectivity index (χ2n) is 8.15. The lowest BCUT2D eigenvalue weighted by Crippen LogP contribution is -2.37. The van der Waals surface area contributed by atoms with Crippen LogP contribution in [0, 0.1) is 0 Å². The van der Waals surface area contributed by atoms with Crippen LogP contribution in [0.4, 0.5) is 29.9 Å². The van der Waals surface area contributed by atoms with E-state index in [0.717, 1.165) is 11.8 Å². The quantitative estimate of drug-likeness (QED) is 0.554. The number of anilines is 2. The summed E-state index contributed by atoms with van der Waals surface area (Å²) in [6.07, 6.45) is -2.53. The van der Waals surface area contributed by atoms with E-state index in [1.807, 2.05) is 42.2 Å². The molecule has 10 nitrogen and oxygen atoms in total. The van der Waals surface area contributed by atoms with Crippen molar-refractivity contribution < 1.29 is 27.4 Å². The first kappa shape index (κ1) is 26.1. The molecule has 0 radical (unpaired) electrons. The molecule has 2 aliphatic heterocycles. The molecule has 13 heteroatoms. The van der Waals surface area contributed by atoms with Gasteiger partial charge in [-0.15, -0.1) is 0 Å². The van der Waals surface area contributed by atoms with Gasteiger partial charge in [0.2, 0.25) is 11.9 Å². The van der Waals surface area contributed by atoms with E-state index in [2.05, 4.69) is 19.9 Å². The molecule has 1 amide bonds. The van der Waals surface area contributed by atoms with Crippen LogP contribution >= 0.6 is 0 Å². The first-order valence-corrected chi connectivity index (χ1v) is 11.6. The molecule has 0 bridgehead atoms. The Bertz CT molecular complexity index is 1210. The SMILES string of the molecule is CCN1CC(c2ccccc2)OC1=O.Nc1ncc(-c2ccnc(N3CCOCC3)n2)c(C(F)(F)F)n1. The third kappa shape index (κ3) is 6.42. The van der Waals surface area contributed by atoms with Gasteiger partial charge < -0.3 is 25.0 Å². The van der Waals surface area contributed by atoms with Gasteiger partial charge in [0.25, 0.3) is 0 Å². The number of carbonyl (C=O) groups is 1. The van der Waals surface area contributed by atoms with Gasteiger partial charge in [-0.2, -0.15) is 13.2 Å². The predicted octanol–water partition coefficient (Wildman–Crippen LogP) is 3.57. The first-order chi connectivity index (χ1) is 17.8. The maximum atomic E-state index is 13.2. The summed E-state index contributed by atoms with van der Waals surface area (Å²) in [5.41, 5.74) is 5.08. The number of cyclic esters (lactones) is 1. The number of hydrogen-bond acceptors (Lipinski definition) is 9. The van der Waals surface area contributed by atoms with Gasteiger partial charge in [-0.25, -0.2) is 24.7 Å². The van der Waals surface area contributed by atoms with Crippen molar-refractivity contribution in [2.75, 3.05) is 50.0 Å². The van der Waals surface area contributed by atoms with Crippen molar-refractivity contribution in [1.82, 2.24) is 24.8 Å². The Morgan fingerprint density at radius 2 is 1.81 bits per heavy atom. The molecule has 2 aromatic heterocycles. The fourth-order valence-electron chi connectivity index (χ4n) is 3.82. The van der Waals surface area contributed by atoms with Gasteiger partial charge >= 0.3 is 12.3 Å². The molecule has 2 fully saturated rings. The largest absolute Gasteiger partial charge is 0.439 e. The Balaban J connectivity index is 0.000000195. The molecule has 2 saturated heterocycles. The molecular formula is C24H26F3N7O3. The fraction of sp³-hybridized carbons (Fsp3) is 0.375. The van der Waals surface area contributed by atoms with Crippen molar-refractivity contribution in [2.45, 2.75) is 19.2 Å². The van der Waals surface area contributed by atoms with Crippen molar-refractivity contribution in [1.29, 1.82) is 0 Å². The first-order valence-electron chi connectivity index (χ1n) is 11.6. The molecule has 5 rings (SSSR count). The third-order valence-corrected chi connectivity index (χ3v) is 5.73. The number of morpholine rings is 1. The van der Waals surface area contributed by atoms with Gasteiger partial charge in [-0.1, -0.05) is 30.3 Å².